The Labute approximate surface area is 151 Å². The van der Waals surface area contributed by atoms with Crippen LogP contribution in [0.25, 0.3) is 0 Å². The Morgan fingerprint density at radius 1 is 0.667 bits per heavy atom. The molecule has 0 spiro atoms. The van der Waals surface area contributed by atoms with Crippen molar-refractivity contribution in [1.82, 2.24) is 0 Å². The van der Waals surface area contributed by atoms with Crippen molar-refractivity contribution in [3.8, 4) is 0 Å². The van der Waals surface area contributed by atoms with E-state index in [1.165, 1.54) is 51.4 Å². The maximum atomic E-state index is 9.18. The molecule has 0 heterocycles. The normalized spacial score (nSPS) is 37.2. The van der Waals surface area contributed by atoms with Crippen molar-refractivity contribution in [2.24, 2.45) is 34.5 Å². The second-order valence-electron chi connectivity index (χ2n) is 10.1. The molecule has 0 aromatic carbocycles. The van der Waals surface area contributed by atoms with E-state index in [0.717, 1.165) is 23.7 Å². The third-order valence-corrected chi connectivity index (χ3v) is 7.12. The standard InChI is InChI=1S/2C11H22O/c2*1-9(2)10-4-6-11(3,8-12)7-5-10/h2*9-10,12H,4-8H2,1-3H3. The Balaban J connectivity index is 0.000000240. The number of aliphatic hydroxyl groups is 2. The molecule has 2 heteroatoms. The minimum atomic E-state index is 0.241. The van der Waals surface area contributed by atoms with Crippen LogP contribution in [-0.2, 0) is 0 Å². The molecular formula is C22H44O2. The van der Waals surface area contributed by atoms with Crippen LogP contribution in [0, 0.1) is 34.5 Å². The Morgan fingerprint density at radius 3 is 1.08 bits per heavy atom. The Kier molecular flexibility index (Phi) is 8.76. The van der Waals surface area contributed by atoms with Gasteiger partial charge in [-0.05, 0) is 85.9 Å². The largest absolute Gasteiger partial charge is 0.396 e. The lowest BCUT2D eigenvalue weighted by molar-refractivity contribution is 0.0705. The molecule has 2 aliphatic carbocycles. The topological polar surface area (TPSA) is 40.5 Å². The van der Waals surface area contributed by atoms with E-state index in [-0.39, 0.29) is 10.8 Å². The monoisotopic (exact) mass is 340 g/mol. The molecule has 0 aliphatic heterocycles. The average Bonchev–Trinajstić information content (AvgIpc) is 2.56. The highest BCUT2D eigenvalue weighted by Gasteiger charge is 2.32. The van der Waals surface area contributed by atoms with Crippen molar-refractivity contribution >= 4 is 0 Å². The molecule has 0 bridgehead atoms. The Bertz CT molecular complexity index is 298. The number of rotatable bonds is 4. The SMILES string of the molecule is CC(C)C1CCC(C)(CO)CC1.CC(C)C1CCC(C)(CO)CC1. The Hall–Kier alpha value is -0.0800. The zero-order valence-electron chi connectivity index (χ0n) is 17.3. The van der Waals surface area contributed by atoms with Gasteiger partial charge in [-0.3, -0.25) is 0 Å². The van der Waals surface area contributed by atoms with Crippen LogP contribution in [0.2, 0.25) is 0 Å². The zero-order valence-corrected chi connectivity index (χ0v) is 17.3. The molecule has 2 nitrogen and oxygen atoms in total. The summed E-state index contributed by atoms with van der Waals surface area (Å²) in [5.41, 5.74) is 0.483. The molecule has 2 aliphatic rings. The first-order valence-electron chi connectivity index (χ1n) is 10.4. The van der Waals surface area contributed by atoms with E-state index >= 15 is 0 Å². The fourth-order valence-electron chi connectivity index (χ4n) is 4.32. The minimum Gasteiger partial charge on any atom is -0.396 e. The van der Waals surface area contributed by atoms with Crippen LogP contribution in [0.1, 0.15) is 92.9 Å². The molecule has 144 valence electrons. The summed E-state index contributed by atoms with van der Waals surface area (Å²) < 4.78 is 0. The summed E-state index contributed by atoms with van der Waals surface area (Å²) in [7, 11) is 0. The van der Waals surface area contributed by atoms with Gasteiger partial charge < -0.3 is 10.2 Å². The van der Waals surface area contributed by atoms with Crippen LogP contribution < -0.4 is 0 Å². The highest BCUT2D eigenvalue weighted by Crippen LogP contribution is 2.41. The van der Waals surface area contributed by atoms with E-state index in [2.05, 4.69) is 41.5 Å². The first kappa shape index (κ1) is 22.0. The maximum Gasteiger partial charge on any atom is 0.0484 e. The van der Waals surface area contributed by atoms with Crippen molar-refractivity contribution in [2.45, 2.75) is 92.9 Å². The molecular weight excluding hydrogens is 296 g/mol. The van der Waals surface area contributed by atoms with Crippen molar-refractivity contribution < 1.29 is 10.2 Å². The van der Waals surface area contributed by atoms with Crippen LogP contribution in [0.15, 0.2) is 0 Å². The van der Waals surface area contributed by atoms with Gasteiger partial charge in [0, 0.05) is 13.2 Å². The predicted molar refractivity (Wildman–Crippen MR) is 104 cm³/mol. The minimum absolute atomic E-state index is 0.241. The second kappa shape index (κ2) is 9.57. The molecule has 0 aromatic heterocycles. The maximum absolute atomic E-state index is 9.18. The van der Waals surface area contributed by atoms with Crippen LogP contribution in [0.4, 0.5) is 0 Å². The van der Waals surface area contributed by atoms with Gasteiger partial charge >= 0.3 is 0 Å². The second-order valence-corrected chi connectivity index (χ2v) is 10.1. The highest BCUT2D eigenvalue weighted by atomic mass is 16.3. The molecule has 0 unspecified atom stereocenters. The van der Waals surface area contributed by atoms with Crippen LogP contribution in [-0.4, -0.2) is 23.4 Å². The first-order chi connectivity index (χ1) is 11.1. The molecule has 2 rings (SSSR count). The van der Waals surface area contributed by atoms with Crippen molar-refractivity contribution in [2.75, 3.05) is 13.2 Å². The molecule has 0 atom stereocenters. The lowest BCUT2D eigenvalue weighted by atomic mass is 9.69. The summed E-state index contributed by atoms with van der Waals surface area (Å²) in [6.07, 6.45) is 10.1. The molecule has 24 heavy (non-hydrogen) atoms. The third kappa shape index (κ3) is 6.67. The summed E-state index contributed by atoms with van der Waals surface area (Å²) in [5, 5.41) is 18.4. The van der Waals surface area contributed by atoms with E-state index in [9.17, 15) is 10.2 Å². The van der Waals surface area contributed by atoms with Gasteiger partial charge in [0.2, 0.25) is 0 Å². The van der Waals surface area contributed by atoms with Gasteiger partial charge in [-0.2, -0.15) is 0 Å². The number of aliphatic hydroxyl groups excluding tert-OH is 2. The molecule has 0 aromatic rings. The lowest BCUT2D eigenvalue weighted by Gasteiger charge is -2.37. The fraction of sp³-hybridized carbons (Fsp3) is 1.00. The van der Waals surface area contributed by atoms with E-state index in [0.29, 0.717) is 13.2 Å². The number of hydrogen-bond donors (Lipinski definition) is 2. The van der Waals surface area contributed by atoms with Gasteiger partial charge in [-0.1, -0.05) is 41.5 Å². The van der Waals surface area contributed by atoms with Crippen molar-refractivity contribution in [3.05, 3.63) is 0 Å². The number of hydrogen-bond acceptors (Lipinski definition) is 2. The lowest BCUT2D eigenvalue weighted by Crippen LogP contribution is -2.29. The quantitative estimate of drug-likeness (QED) is 0.693. The molecule has 2 fully saturated rings. The summed E-state index contributed by atoms with van der Waals surface area (Å²) >= 11 is 0. The Morgan fingerprint density at radius 2 is 0.917 bits per heavy atom. The van der Waals surface area contributed by atoms with E-state index < -0.39 is 0 Å². The molecule has 2 N–H and O–H groups in total. The fourth-order valence-corrected chi connectivity index (χ4v) is 4.32. The van der Waals surface area contributed by atoms with Crippen molar-refractivity contribution in [3.63, 3.8) is 0 Å². The van der Waals surface area contributed by atoms with E-state index in [1.54, 1.807) is 0 Å². The summed E-state index contributed by atoms with van der Waals surface area (Å²) in [5.74, 6) is 3.47. The predicted octanol–water partition coefficient (Wildman–Crippen LogP) is 5.66. The zero-order chi connectivity index (χ0) is 18.4. The summed E-state index contributed by atoms with van der Waals surface area (Å²) in [6, 6.07) is 0. The van der Waals surface area contributed by atoms with Gasteiger partial charge in [0.1, 0.15) is 0 Å². The first-order valence-corrected chi connectivity index (χ1v) is 10.4. The van der Waals surface area contributed by atoms with E-state index in [1.807, 2.05) is 0 Å². The van der Waals surface area contributed by atoms with E-state index in [4.69, 9.17) is 0 Å². The van der Waals surface area contributed by atoms with Crippen LogP contribution in [0.3, 0.4) is 0 Å². The molecule has 0 amide bonds. The van der Waals surface area contributed by atoms with Gasteiger partial charge in [0.15, 0.2) is 0 Å². The third-order valence-electron chi connectivity index (χ3n) is 7.12. The summed E-state index contributed by atoms with van der Waals surface area (Å²) in [4.78, 5) is 0. The molecule has 0 radical (unpaired) electrons. The molecule has 2 saturated carbocycles. The van der Waals surface area contributed by atoms with Gasteiger partial charge in [-0.15, -0.1) is 0 Å². The van der Waals surface area contributed by atoms with Gasteiger partial charge in [-0.25, -0.2) is 0 Å². The van der Waals surface area contributed by atoms with Gasteiger partial charge in [0.25, 0.3) is 0 Å². The smallest absolute Gasteiger partial charge is 0.0484 e. The summed E-state index contributed by atoms with van der Waals surface area (Å²) in [6.45, 7) is 14.4. The van der Waals surface area contributed by atoms with Gasteiger partial charge in [0.05, 0.1) is 0 Å². The highest BCUT2D eigenvalue weighted by molar-refractivity contribution is 4.83. The van der Waals surface area contributed by atoms with Crippen molar-refractivity contribution in [1.29, 1.82) is 0 Å². The van der Waals surface area contributed by atoms with Crippen LogP contribution in [0.5, 0.6) is 0 Å². The van der Waals surface area contributed by atoms with Crippen LogP contribution >= 0.6 is 0 Å². The molecule has 0 saturated heterocycles. The average molecular weight is 341 g/mol.